The van der Waals surface area contributed by atoms with Gasteiger partial charge < -0.3 is 10.4 Å². The van der Waals surface area contributed by atoms with Crippen LogP contribution in [0.5, 0.6) is 0 Å². The molecule has 3 rings (SSSR count). The average Bonchev–Trinajstić information content (AvgIpc) is 2.66. The second-order valence-corrected chi connectivity index (χ2v) is 8.39. The molecule has 3 nitrogen and oxygen atoms in total. The maximum Gasteiger partial charge on any atom is 0.165 e. The smallest absolute Gasteiger partial charge is 0.165 e. The van der Waals surface area contributed by atoms with Gasteiger partial charge in [-0.15, -0.1) is 0 Å². The van der Waals surface area contributed by atoms with E-state index in [4.69, 9.17) is 0 Å². The first-order valence-corrected chi connectivity index (χ1v) is 10.4. The molecule has 1 fully saturated rings. The van der Waals surface area contributed by atoms with Crippen LogP contribution in [0.2, 0.25) is 0 Å². The van der Waals surface area contributed by atoms with Crippen LogP contribution in [-0.4, -0.2) is 23.5 Å². The number of aliphatic hydroxyl groups is 1. The molecule has 2 aromatic rings. The Bertz CT molecular complexity index is 817. The van der Waals surface area contributed by atoms with Crippen molar-refractivity contribution in [1.82, 2.24) is 5.32 Å². The summed E-state index contributed by atoms with van der Waals surface area (Å²) in [5.41, 5.74) is 0.861. The van der Waals surface area contributed by atoms with E-state index in [-0.39, 0.29) is 24.1 Å². The summed E-state index contributed by atoms with van der Waals surface area (Å²) in [5, 5.41) is 13.9. The normalized spacial score (nSPS) is 17.3. The van der Waals surface area contributed by atoms with E-state index in [9.17, 15) is 18.7 Å². The zero-order chi connectivity index (χ0) is 20.1. The second kappa shape index (κ2) is 9.25. The van der Waals surface area contributed by atoms with E-state index in [1.165, 1.54) is 6.42 Å². The molecule has 1 aliphatic rings. The van der Waals surface area contributed by atoms with E-state index >= 15 is 0 Å². The number of hydrogen-bond donors (Lipinski definition) is 2. The highest BCUT2D eigenvalue weighted by atomic mass is 79.9. The van der Waals surface area contributed by atoms with Gasteiger partial charge in [-0.2, -0.15) is 0 Å². The minimum Gasteiger partial charge on any atom is -0.391 e. The highest BCUT2D eigenvalue weighted by Gasteiger charge is 2.34. The average molecular weight is 452 g/mol. The minimum absolute atomic E-state index is 0.0593. The Morgan fingerprint density at radius 2 is 1.79 bits per heavy atom. The third-order valence-corrected chi connectivity index (χ3v) is 5.86. The molecule has 0 heterocycles. The number of hydrogen-bond acceptors (Lipinski definition) is 3. The van der Waals surface area contributed by atoms with Crippen molar-refractivity contribution in [1.29, 1.82) is 0 Å². The Balaban J connectivity index is 1.67. The van der Waals surface area contributed by atoms with Crippen LogP contribution in [0, 0.1) is 11.6 Å². The molecule has 1 saturated carbocycles. The molecule has 6 heteroatoms. The number of rotatable bonds is 7. The van der Waals surface area contributed by atoms with E-state index in [0.29, 0.717) is 0 Å². The Hall–Kier alpha value is -1.63. The van der Waals surface area contributed by atoms with Crippen LogP contribution in [0.4, 0.5) is 8.78 Å². The second-order valence-electron chi connectivity index (χ2n) is 7.47. The zero-order valence-corrected chi connectivity index (χ0v) is 17.1. The topological polar surface area (TPSA) is 49.3 Å². The molecule has 1 atom stereocenters. The van der Waals surface area contributed by atoms with Gasteiger partial charge in [-0.3, -0.25) is 4.79 Å². The van der Waals surface area contributed by atoms with Crippen molar-refractivity contribution in [3.05, 3.63) is 69.7 Å². The van der Waals surface area contributed by atoms with Crippen molar-refractivity contribution in [3.8, 4) is 0 Å². The van der Waals surface area contributed by atoms with E-state index in [1.54, 1.807) is 0 Å². The summed E-state index contributed by atoms with van der Waals surface area (Å²) in [7, 11) is 0. The third kappa shape index (κ3) is 5.25. The van der Waals surface area contributed by atoms with Gasteiger partial charge in [0.1, 0.15) is 11.6 Å². The van der Waals surface area contributed by atoms with Gasteiger partial charge in [0.2, 0.25) is 0 Å². The van der Waals surface area contributed by atoms with Crippen molar-refractivity contribution >= 4 is 21.7 Å². The number of benzene rings is 2. The Labute approximate surface area is 172 Å². The lowest BCUT2D eigenvalue weighted by molar-refractivity contribution is 0.0848. The lowest BCUT2D eigenvalue weighted by Crippen LogP contribution is -2.47. The molecule has 0 aliphatic heterocycles. The fourth-order valence-electron chi connectivity index (χ4n) is 3.94. The van der Waals surface area contributed by atoms with E-state index in [2.05, 4.69) is 33.4 Å². The van der Waals surface area contributed by atoms with Crippen LogP contribution in [0.1, 0.15) is 54.4 Å². The molecule has 2 aromatic carbocycles. The van der Waals surface area contributed by atoms with Crippen molar-refractivity contribution in [2.45, 2.75) is 50.2 Å². The monoisotopic (exact) mass is 451 g/mol. The highest BCUT2D eigenvalue weighted by molar-refractivity contribution is 9.10. The number of nitrogens with one attached hydrogen (secondary N) is 1. The summed E-state index contributed by atoms with van der Waals surface area (Å²) in [5.74, 6) is -2.08. The Kier molecular flexibility index (Phi) is 6.96. The summed E-state index contributed by atoms with van der Waals surface area (Å²) >= 11 is 3.52. The predicted molar refractivity (Wildman–Crippen MR) is 108 cm³/mol. The van der Waals surface area contributed by atoms with Crippen molar-refractivity contribution in [3.63, 3.8) is 0 Å². The summed E-state index contributed by atoms with van der Waals surface area (Å²) in [6.07, 6.45) is 4.16. The maximum atomic E-state index is 13.3. The number of aliphatic hydroxyl groups excluding tert-OH is 1. The lowest BCUT2D eigenvalue weighted by Gasteiger charge is -2.39. The predicted octanol–water partition coefficient (Wildman–Crippen LogP) is 5.11. The Morgan fingerprint density at radius 3 is 2.43 bits per heavy atom. The van der Waals surface area contributed by atoms with Gasteiger partial charge in [-0.1, -0.05) is 47.3 Å². The summed E-state index contributed by atoms with van der Waals surface area (Å²) in [4.78, 5) is 12.3. The molecule has 150 valence electrons. The minimum atomic E-state index is -0.940. The largest absolute Gasteiger partial charge is 0.391 e. The first-order valence-electron chi connectivity index (χ1n) is 9.56. The highest BCUT2D eigenvalue weighted by Crippen LogP contribution is 2.38. The first kappa shape index (κ1) is 21.1. The van der Waals surface area contributed by atoms with Gasteiger partial charge in [0.15, 0.2) is 5.78 Å². The molecule has 0 amide bonds. The number of carbonyl (C=O) groups excluding carboxylic acids is 1. The molecule has 1 unspecified atom stereocenters. The number of carbonyl (C=O) groups is 1. The SMILES string of the molecule is O=C(CC(O)CNC1(c2cccc(Br)c2)CCCCC1)c1cc(F)cc(F)c1. The van der Waals surface area contributed by atoms with Crippen LogP contribution in [-0.2, 0) is 5.54 Å². The third-order valence-electron chi connectivity index (χ3n) is 5.37. The van der Waals surface area contributed by atoms with Crippen LogP contribution in [0.15, 0.2) is 46.9 Å². The summed E-state index contributed by atoms with van der Waals surface area (Å²) in [6, 6.07) is 10.9. The van der Waals surface area contributed by atoms with Crippen LogP contribution in [0.3, 0.4) is 0 Å². The lowest BCUT2D eigenvalue weighted by atomic mass is 9.76. The fraction of sp³-hybridized carbons (Fsp3) is 0.409. The molecule has 1 aliphatic carbocycles. The van der Waals surface area contributed by atoms with Crippen molar-refractivity contribution in [2.75, 3.05) is 6.54 Å². The van der Waals surface area contributed by atoms with E-state index in [0.717, 1.165) is 53.9 Å². The molecular formula is C22H24BrF2NO2. The van der Waals surface area contributed by atoms with Crippen molar-refractivity contribution in [2.24, 2.45) is 0 Å². The summed E-state index contributed by atoms with van der Waals surface area (Å²) < 4.78 is 27.6. The van der Waals surface area contributed by atoms with Crippen LogP contribution < -0.4 is 5.32 Å². The molecule has 0 bridgehead atoms. The fourth-order valence-corrected chi connectivity index (χ4v) is 4.34. The number of ketones is 1. The van der Waals surface area contributed by atoms with Crippen molar-refractivity contribution < 1.29 is 18.7 Å². The van der Waals surface area contributed by atoms with Gasteiger partial charge in [-0.25, -0.2) is 8.78 Å². The van der Waals surface area contributed by atoms with Crippen LogP contribution >= 0.6 is 15.9 Å². The molecule has 28 heavy (non-hydrogen) atoms. The molecule has 2 N–H and O–H groups in total. The van der Waals surface area contributed by atoms with E-state index < -0.39 is 23.5 Å². The van der Waals surface area contributed by atoms with Gasteiger partial charge >= 0.3 is 0 Å². The molecule has 0 aromatic heterocycles. The quantitative estimate of drug-likeness (QED) is 0.574. The van der Waals surface area contributed by atoms with Gasteiger partial charge in [0, 0.05) is 34.6 Å². The number of Topliss-reactive ketones (excluding diaryl/α,β-unsaturated/α-hetero) is 1. The Morgan fingerprint density at radius 1 is 1.11 bits per heavy atom. The standard InChI is InChI=1S/C22H24BrF2NO2/c23-17-6-4-5-16(11-17)22(7-2-1-3-8-22)26-14-20(27)13-21(28)15-9-18(24)12-19(25)10-15/h4-6,9-12,20,26-27H,1-3,7-8,13-14H2. The molecule has 0 radical (unpaired) electrons. The molecule has 0 spiro atoms. The maximum absolute atomic E-state index is 13.3. The van der Waals surface area contributed by atoms with E-state index in [1.807, 2.05) is 12.1 Å². The first-order chi connectivity index (χ1) is 13.4. The summed E-state index contributed by atoms with van der Waals surface area (Å²) in [6.45, 7) is 0.232. The van der Waals surface area contributed by atoms with Gasteiger partial charge in [0.05, 0.1) is 6.10 Å². The number of halogens is 3. The van der Waals surface area contributed by atoms with Gasteiger partial charge in [-0.05, 0) is 42.7 Å². The van der Waals surface area contributed by atoms with Gasteiger partial charge in [0.25, 0.3) is 0 Å². The van der Waals surface area contributed by atoms with Crippen LogP contribution in [0.25, 0.3) is 0 Å². The molecule has 0 saturated heterocycles. The molecular weight excluding hydrogens is 428 g/mol. The zero-order valence-electron chi connectivity index (χ0n) is 15.6.